The van der Waals surface area contributed by atoms with E-state index in [1.54, 1.807) is 13.2 Å². The molecule has 21 heavy (non-hydrogen) atoms. The van der Waals surface area contributed by atoms with E-state index in [9.17, 15) is 4.79 Å². The summed E-state index contributed by atoms with van der Waals surface area (Å²) in [6.07, 6.45) is 1.15. The first-order valence-electron chi connectivity index (χ1n) is 6.81. The number of nitrogens with one attached hydrogen (secondary N) is 1. The first kappa shape index (κ1) is 19.5. The molecule has 0 aromatic heterocycles. The van der Waals surface area contributed by atoms with Gasteiger partial charge in [-0.1, -0.05) is 19.9 Å². The van der Waals surface area contributed by atoms with E-state index in [4.69, 9.17) is 15.2 Å². The molecule has 0 atom stereocenters. The van der Waals surface area contributed by atoms with Gasteiger partial charge < -0.3 is 32.9 Å². The summed E-state index contributed by atoms with van der Waals surface area (Å²) in [7, 11) is 1.57. The molecule has 0 aliphatic heterocycles. The maximum atomic E-state index is 10.7. The number of methoxy groups -OCH3 is 1. The van der Waals surface area contributed by atoms with E-state index in [0.717, 1.165) is 25.1 Å². The minimum absolute atomic E-state index is 0. The van der Waals surface area contributed by atoms with Crippen LogP contribution in [0.3, 0.4) is 0 Å². The Morgan fingerprint density at radius 3 is 2.62 bits per heavy atom. The van der Waals surface area contributed by atoms with E-state index in [1.807, 2.05) is 12.1 Å². The molecule has 5 nitrogen and oxygen atoms in total. The van der Waals surface area contributed by atoms with Gasteiger partial charge in [0.25, 0.3) is 5.91 Å². The molecule has 1 amide bonds. The van der Waals surface area contributed by atoms with Crippen LogP contribution in [-0.2, 0) is 11.3 Å². The van der Waals surface area contributed by atoms with Gasteiger partial charge in [0.15, 0.2) is 18.1 Å². The molecule has 3 N–H and O–H groups in total. The Kier molecular flexibility index (Phi) is 9.58. The maximum Gasteiger partial charge on any atom is 0.255 e. The van der Waals surface area contributed by atoms with E-state index in [-0.39, 0.29) is 19.0 Å². The lowest BCUT2D eigenvalue weighted by Gasteiger charge is -2.12. The minimum Gasteiger partial charge on any atom is -1.00 e. The summed E-state index contributed by atoms with van der Waals surface area (Å²) < 4.78 is 10.5. The maximum absolute atomic E-state index is 10.7. The highest BCUT2D eigenvalue weighted by Gasteiger charge is 2.07. The Morgan fingerprint density at radius 2 is 2.05 bits per heavy atom. The largest absolute Gasteiger partial charge is 1.00 e. The Labute approximate surface area is 132 Å². The molecule has 1 aromatic carbocycles. The Balaban J connectivity index is 0.00000400. The van der Waals surface area contributed by atoms with Gasteiger partial charge in [-0.15, -0.1) is 0 Å². The van der Waals surface area contributed by atoms with Crippen molar-refractivity contribution in [3.05, 3.63) is 23.8 Å². The minimum atomic E-state index is -0.508. The van der Waals surface area contributed by atoms with Crippen molar-refractivity contribution >= 4 is 5.91 Å². The molecule has 0 fully saturated rings. The van der Waals surface area contributed by atoms with Gasteiger partial charge in [-0.3, -0.25) is 4.79 Å². The second-order valence-electron chi connectivity index (χ2n) is 5.10. The fourth-order valence-electron chi connectivity index (χ4n) is 1.71. The zero-order chi connectivity index (χ0) is 15.0. The van der Waals surface area contributed by atoms with Crippen LogP contribution < -0.4 is 32.9 Å². The monoisotopic (exact) mass is 315 g/mol. The number of ether oxygens (including phenoxy) is 2. The van der Waals surface area contributed by atoms with E-state index >= 15 is 0 Å². The van der Waals surface area contributed by atoms with Crippen LogP contribution in [0, 0.1) is 5.92 Å². The molecular formula is C15H24ClN2O3-. The highest BCUT2D eigenvalue weighted by atomic mass is 35.5. The lowest BCUT2D eigenvalue weighted by atomic mass is 10.1. The second kappa shape index (κ2) is 10.3. The third-order valence-corrected chi connectivity index (χ3v) is 2.83. The van der Waals surface area contributed by atoms with Crippen LogP contribution in [-0.4, -0.2) is 26.2 Å². The number of primary amides is 1. The fourth-order valence-corrected chi connectivity index (χ4v) is 1.71. The lowest BCUT2D eigenvalue weighted by Crippen LogP contribution is -3.00. The van der Waals surface area contributed by atoms with Crippen molar-refractivity contribution in [3.8, 4) is 11.5 Å². The normalized spacial score (nSPS) is 10.1. The highest BCUT2D eigenvalue weighted by Crippen LogP contribution is 2.27. The van der Waals surface area contributed by atoms with Crippen molar-refractivity contribution in [1.29, 1.82) is 0 Å². The van der Waals surface area contributed by atoms with Crippen molar-refractivity contribution in [1.82, 2.24) is 5.32 Å². The molecule has 0 aliphatic rings. The average Bonchev–Trinajstić information content (AvgIpc) is 2.41. The number of carbonyl (C=O) groups excluding carboxylic acids is 1. The number of amides is 1. The molecule has 1 rings (SSSR count). The average molecular weight is 316 g/mol. The van der Waals surface area contributed by atoms with Crippen LogP contribution in [0.25, 0.3) is 0 Å². The molecule has 6 heteroatoms. The molecular weight excluding hydrogens is 292 g/mol. The smallest absolute Gasteiger partial charge is 0.255 e. The summed E-state index contributed by atoms with van der Waals surface area (Å²) in [5, 5.41) is 3.38. The quantitative estimate of drug-likeness (QED) is 0.556. The predicted molar refractivity (Wildman–Crippen MR) is 78.8 cm³/mol. The zero-order valence-electron chi connectivity index (χ0n) is 12.8. The van der Waals surface area contributed by atoms with E-state index < -0.39 is 5.91 Å². The topological polar surface area (TPSA) is 73.6 Å². The van der Waals surface area contributed by atoms with E-state index in [1.165, 1.54) is 0 Å². The van der Waals surface area contributed by atoms with Crippen molar-refractivity contribution in [3.63, 3.8) is 0 Å². The first-order chi connectivity index (χ1) is 9.52. The van der Waals surface area contributed by atoms with Gasteiger partial charge in [0.2, 0.25) is 0 Å². The third-order valence-electron chi connectivity index (χ3n) is 2.83. The first-order valence-corrected chi connectivity index (χ1v) is 6.81. The van der Waals surface area contributed by atoms with Crippen LogP contribution in [0.4, 0.5) is 0 Å². The lowest BCUT2D eigenvalue weighted by molar-refractivity contribution is -0.119. The van der Waals surface area contributed by atoms with E-state index in [2.05, 4.69) is 19.2 Å². The number of benzene rings is 1. The van der Waals surface area contributed by atoms with Crippen molar-refractivity contribution in [2.75, 3.05) is 20.3 Å². The Morgan fingerprint density at radius 1 is 1.33 bits per heavy atom. The SMILES string of the molecule is COc1cc(CNCCC(C)C)ccc1OCC(N)=O.[Cl-]. The molecule has 0 aliphatic carbocycles. The number of rotatable bonds is 9. The summed E-state index contributed by atoms with van der Waals surface area (Å²) in [5.74, 6) is 1.32. The van der Waals surface area contributed by atoms with Crippen LogP contribution in [0.1, 0.15) is 25.8 Å². The molecule has 0 radical (unpaired) electrons. The van der Waals surface area contributed by atoms with Gasteiger partial charge in [0.1, 0.15) is 0 Å². The summed E-state index contributed by atoms with van der Waals surface area (Å²) in [4.78, 5) is 10.7. The predicted octanol–water partition coefficient (Wildman–Crippen LogP) is -1.30. The molecule has 0 heterocycles. The molecule has 1 aromatic rings. The van der Waals surface area contributed by atoms with E-state index in [0.29, 0.717) is 17.4 Å². The molecule has 0 unspecified atom stereocenters. The number of nitrogens with two attached hydrogens (primary N) is 1. The molecule has 0 saturated heterocycles. The van der Waals surface area contributed by atoms with Crippen molar-refractivity contribution in [2.45, 2.75) is 26.8 Å². The molecule has 0 spiro atoms. The van der Waals surface area contributed by atoms with Crippen LogP contribution >= 0.6 is 0 Å². The number of carbonyl (C=O) groups is 1. The highest BCUT2D eigenvalue weighted by molar-refractivity contribution is 5.75. The van der Waals surface area contributed by atoms with Crippen molar-refractivity contribution < 1.29 is 26.7 Å². The molecule has 0 saturated carbocycles. The van der Waals surface area contributed by atoms with Gasteiger partial charge in [-0.25, -0.2) is 0 Å². The fraction of sp³-hybridized carbons (Fsp3) is 0.533. The number of halogens is 1. The van der Waals surface area contributed by atoms with Crippen LogP contribution in [0.5, 0.6) is 11.5 Å². The van der Waals surface area contributed by atoms with Gasteiger partial charge in [-0.05, 0) is 36.6 Å². The Bertz CT molecular complexity index is 439. The second-order valence-corrected chi connectivity index (χ2v) is 5.10. The molecule has 120 valence electrons. The van der Waals surface area contributed by atoms with Gasteiger partial charge in [0, 0.05) is 6.54 Å². The number of hydrogen-bond acceptors (Lipinski definition) is 4. The summed E-state index contributed by atoms with van der Waals surface area (Å²) >= 11 is 0. The van der Waals surface area contributed by atoms with Crippen LogP contribution in [0.15, 0.2) is 18.2 Å². The van der Waals surface area contributed by atoms with Crippen LogP contribution in [0.2, 0.25) is 0 Å². The summed E-state index contributed by atoms with van der Waals surface area (Å²) in [5.41, 5.74) is 6.16. The molecule has 0 bridgehead atoms. The van der Waals surface area contributed by atoms with Gasteiger partial charge >= 0.3 is 0 Å². The standard InChI is InChI=1S/C15H24N2O3.ClH/c1-11(2)6-7-17-9-12-4-5-13(14(8-12)19-3)20-10-15(16)18;/h4-5,8,11,17H,6-7,9-10H2,1-3H3,(H2,16,18);1H/p-1. The zero-order valence-corrected chi connectivity index (χ0v) is 13.6. The van der Waals surface area contributed by atoms with Crippen molar-refractivity contribution in [2.24, 2.45) is 11.7 Å². The third kappa shape index (κ3) is 7.78. The number of hydrogen-bond donors (Lipinski definition) is 2. The summed E-state index contributed by atoms with van der Waals surface area (Å²) in [6.45, 7) is 6.02. The van der Waals surface area contributed by atoms with Gasteiger partial charge in [0.05, 0.1) is 7.11 Å². The summed E-state index contributed by atoms with van der Waals surface area (Å²) in [6, 6.07) is 5.64. The van der Waals surface area contributed by atoms with Gasteiger partial charge in [-0.2, -0.15) is 0 Å². The Hall–Kier alpha value is -1.46.